The summed E-state index contributed by atoms with van der Waals surface area (Å²) >= 11 is 0. The van der Waals surface area contributed by atoms with E-state index in [0.717, 1.165) is 32.7 Å². The van der Waals surface area contributed by atoms with Crippen molar-refractivity contribution in [1.29, 1.82) is 0 Å². The number of carboxylic acid groups (broad SMARTS) is 1. The molecular weight excluding hydrogens is 236 g/mol. The van der Waals surface area contributed by atoms with Gasteiger partial charge in [-0.3, -0.25) is 9.59 Å². The number of methoxy groups -OCH3 is 1. The summed E-state index contributed by atoms with van der Waals surface area (Å²) in [5, 5.41) is 11.3. The zero-order chi connectivity index (χ0) is 13.4. The molecule has 0 spiro atoms. The Kier molecular flexibility index (Phi) is 6.67. The van der Waals surface area contributed by atoms with Gasteiger partial charge < -0.3 is 20.1 Å². The second kappa shape index (κ2) is 8.05. The van der Waals surface area contributed by atoms with Crippen molar-refractivity contribution in [2.75, 3.05) is 39.9 Å². The Morgan fingerprint density at radius 3 is 2.89 bits per heavy atom. The van der Waals surface area contributed by atoms with Crippen LogP contribution < -0.4 is 5.32 Å². The summed E-state index contributed by atoms with van der Waals surface area (Å²) in [6, 6.07) is 0. The Hall–Kier alpha value is -1.14. The number of nitrogens with one attached hydrogen (secondary N) is 1. The van der Waals surface area contributed by atoms with Crippen molar-refractivity contribution < 1.29 is 19.4 Å². The minimum Gasteiger partial charge on any atom is -0.481 e. The molecule has 0 aromatic heterocycles. The van der Waals surface area contributed by atoms with Crippen molar-refractivity contribution in [3.05, 3.63) is 0 Å². The van der Waals surface area contributed by atoms with Gasteiger partial charge in [-0.05, 0) is 18.9 Å². The molecule has 0 aromatic rings. The standard InChI is InChI=1S/C12H22N2O4/c1-18-7-6-14-5-4-10(9-14)8-13-11(15)2-3-12(16)17/h10H,2-9H2,1H3,(H,13,15)(H,16,17). The monoisotopic (exact) mass is 258 g/mol. The van der Waals surface area contributed by atoms with E-state index >= 15 is 0 Å². The number of ether oxygens (including phenoxy) is 1. The van der Waals surface area contributed by atoms with E-state index in [-0.39, 0.29) is 18.7 Å². The molecule has 0 bridgehead atoms. The molecule has 2 N–H and O–H groups in total. The first-order valence-corrected chi connectivity index (χ1v) is 6.31. The third-order valence-electron chi connectivity index (χ3n) is 3.14. The van der Waals surface area contributed by atoms with Gasteiger partial charge in [-0.1, -0.05) is 0 Å². The van der Waals surface area contributed by atoms with Crippen molar-refractivity contribution >= 4 is 11.9 Å². The highest BCUT2D eigenvalue weighted by atomic mass is 16.5. The minimum atomic E-state index is -0.934. The van der Waals surface area contributed by atoms with Gasteiger partial charge in [0.1, 0.15) is 0 Å². The average molecular weight is 258 g/mol. The Morgan fingerprint density at radius 1 is 1.44 bits per heavy atom. The molecule has 0 aromatic carbocycles. The third-order valence-corrected chi connectivity index (χ3v) is 3.14. The van der Waals surface area contributed by atoms with Crippen LogP contribution in [0.3, 0.4) is 0 Å². The van der Waals surface area contributed by atoms with Crippen LogP contribution in [0.2, 0.25) is 0 Å². The number of carbonyl (C=O) groups is 2. The molecule has 104 valence electrons. The Labute approximate surface area is 107 Å². The second-order valence-electron chi connectivity index (χ2n) is 4.65. The molecule has 1 amide bonds. The van der Waals surface area contributed by atoms with Gasteiger partial charge in [0.2, 0.25) is 5.91 Å². The van der Waals surface area contributed by atoms with Crippen molar-refractivity contribution in [1.82, 2.24) is 10.2 Å². The number of amides is 1. The van der Waals surface area contributed by atoms with E-state index in [4.69, 9.17) is 9.84 Å². The lowest BCUT2D eigenvalue weighted by Crippen LogP contribution is -2.31. The summed E-state index contributed by atoms with van der Waals surface area (Å²) in [7, 11) is 1.69. The Balaban J connectivity index is 2.09. The summed E-state index contributed by atoms with van der Waals surface area (Å²) in [6.45, 7) is 4.32. The predicted molar refractivity (Wildman–Crippen MR) is 66.3 cm³/mol. The smallest absolute Gasteiger partial charge is 0.303 e. The van der Waals surface area contributed by atoms with E-state index in [1.165, 1.54) is 0 Å². The van der Waals surface area contributed by atoms with E-state index < -0.39 is 5.97 Å². The van der Waals surface area contributed by atoms with Crippen LogP contribution in [0.4, 0.5) is 0 Å². The normalized spacial score (nSPS) is 19.9. The van der Waals surface area contributed by atoms with E-state index in [1.54, 1.807) is 7.11 Å². The number of nitrogens with zero attached hydrogens (tertiary/aromatic N) is 1. The van der Waals surface area contributed by atoms with Gasteiger partial charge in [-0.2, -0.15) is 0 Å². The highest BCUT2D eigenvalue weighted by Crippen LogP contribution is 2.14. The summed E-state index contributed by atoms with van der Waals surface area (Å²) in [5.74, 6) is -0.639. The number of hydrogen-bond donors (Lipinski definition) is 2. The van der Waals surface area contributed by atoms with E-state index in [9.17, 15) is 9.59 Å². The number of carbonyl (C=O) groups excluding carboxylic acids is 1. The van der Waals surface area contributed by atoms with Gasteiger partial charge >= 0.3 is 5.97 Å². The maximum atomic E-state index is 11.3. The minimum absolute atomic E-state index is 0.0649. The maximum absolute atomic E-state index is 11.3. The molecule has 6 nitrogen and oxygen atoms in total. The largest absolute Gasteiger partial charge is 0.481 e. The molecule has 1 atom stereocenters. The van der Waals surface area contributed by atoms with E-state index in [1.807, 2.05) is 0 Å². The number of hydrogen-bond acceptors (Lipinski definition) is 4. The maximum Gasteiger partial charge on any atom is 0.303 e. The number of carboxylic acids is 1. The highest BCUT2D eigenvalue weighted by Gasteiger charge is 2.22. The predicted octanol–water partition coefficient (Wildman–Crippen LogP) is -0.0643. The van der Waals surface area contributed by atoms with Crippen molar-refractivity contribution in [3.8, 4) is 0 Å². The van der Waals surface area contributed by atoms with Gasteiger partial charge in [0, 0.05) is 33.2 Å². The fourth-order valence-corrected chi connectivity index (χ4v) is 2.07. The molecule has 6 heteroatoms. The zero-order valence-electron chi connectivity index (χ0n) is 10.9. The number of rotatable bonds is 8. The molecular formula is C12H22N2O4. The van der Waals surface area contributed by atoms with Crippen molar-refractivity contribution in [3.63, 3.8) is 0 Å². The molecule has 1 aliphatic rings. The average Bonchev–Trinajstić information content (AvgIpc) is 2.79. The van der Waals surface area contributed by atoms with Crippen LogP contribution in [0.15, 0.2) is 0 Å². The molecule has 1 unspecified atom stereocenters. The molecule has 1 rings (SSSR count). The lowest BCUT2D eigenvalue weighted by molar-refractivity contribution is -0.138. The first kappa shape index (κ1) is 14.9. The van der Waals surface area contributed by atoms with Crippen LogP contribution in [0.5, 0.6) is 0 Å². The van der Waals surface area contributed by atoms with Crippen molar-refractivity contribution in [2.45, 2.75) is 19.3 Å². The van der Waals surface area contributed by atoms with E-state index in [2.05, 4.69) is 10.2 Å². The van der Waals surface area contributed by atoms with Crippen LogP contribution in [-0.4, -0.2) is 61.8 Å². The molecule has 1 fully saturated rings. The number of likely N-dealkylation sites (tertiary alicyclic amines) is 1. The summed E-state index contributed by atoms with van der Waals surface area (Å²) in [4.78, 5) is 24.0. The van der Waals surface area contributed by atoms with Gasteiger partial charge in [0.15, 0.2) is 0 Å². The number of aliphatic carboxylic acids is 1. The Morgan fingerprint density at radius 2 is 2.22 bits per heavy atom. The van der Waals surface area contributed by atoms with Crippen LogP contribution in [0.25, 0.3) is 0 Å². The first-order chi connectivity index (χ1) is 8.61. The highest BCUT2D eigenvalue weighted by molar-refractivity contribution is 5.80. The molecule has 1 heterocycles. The topological polar surface area (TPSA) is 78.9 Å². The third kappa shape index (κ3) is 5.97. The Bertz CT molecular complexity index is 283. The summed E-state index contributed by atoms with van der Waals surface area (Å²) in [6.07, 6.45) is 1.04. The van der Waals surface area contributed by atoms with Crippen LogP contribution in [0.1, 0.15) is 19.3 Å². The zero-order valence-corrected chi connectivity index (χ0v) is 10.9. The molecule has 0 saturated carbocycles. The van der Waals surface area contributed by atoms with Gasteiger partial charge in [0.25, 0.3) is 0 Å². The molecule has 0 aliphatic carbocycles. The van der Waals surface area contributed by atoms with Gasteiger partial charge in [-0.25, -0.2) is 0 Å². The van der Waals surface area contributed by atoms with Crippen molar-refractivity contribution in [2.24, 2.45) is 5.92 Å². The molecule has 18 heavy (non-hydrogen) atoms. The van der Waals surface area contributed by atoms with Gasteiger partial charge in [-0.15, -0.1) is 0 Å². The van der Waals surface area contributed by atoms with E-state index in [0.29, 0.717) is 12.5 Å². The summed E-state index contributed by atoms with van der Waals surface area (Å²) in [5.41, 5.74) is 0. The molecule has 0 radical (unpaired) electrons. The lowest BCUT2D eigenvalue weighted by Gasteiger charge is -2.15. The van der Waals surface area contributed by atoms with Crippen LogP contribution in [0, 0.1) is 5.92 Å². The second-order valence-corrected chi connectivity index (χ2v) is 4.65. The van der Waals surface area contributed by atoms with Gasteiger partial charge in [0.05, 0.1) is 13.0 Å². The summed E-state index contributed by atoms with van der Waals surface area (Å²) < 4.78 is 5.02. The fourth-order valence-electron chi connectivity index (χ4n) is 2.07. The lowest BCUT2D eigenvalue weighted by atomic mass is 10.1. The van der Waals surface area contributed by atoms with Crippen LogP contribution >= 0.6 is 0 Å². The molecule has 1 aliphatic heterocycles. The first-order valence-electron chi connectivity index (χ1n) is 6.31. The quantitative estimate of drug-likeness (QED) is 0.637. The fraction of sp³-hybridized carbons (Fsp3) is 0.833. The van der Waals surface area contributed by atoms with Crippen LogP contribution in [-0.2, 0) is 14.3 Å². The SMILES string of the molecule is COCCN1CCC(CNC(=O)CCC(=O)O)C1. The molecule has 1 saturated heterocycles.